The molecule has 0 bridgehead atoms. The van der Waals surface area contributed by atoms with Crippen molar-refractivity contribution < 1.29 is 13.2 Å². The summed E-state index contributed by atoms with van der Waals surface area (Å²) in [5.41, 5.74) is 6.66. The molecule has 9 heteroatoms. The molecule has 0 aromatic rings. The molecule has 29 heavy (non-hydrogen) atoms. The number of carbonyl (C=O) groups is 1. The Hall–Kier alpha value is -1.68. The Bertz CT molecular complexity index is 731. The number of piperidine rings is 1. The zero-order chi connectivity index (χ0) is 21.6. The summed E-state index contributed by atoms with van der Waals surface area (Å²) in [4.78, 5) is 17.1. The molecular formula is C20H35N5O3S. The number of nitrogens with two attached hydrogens (primary N) is 1. The third-order valence-electron chi connectivity index (χ3n) is 5.85. The molecule has 2 N–H and O–H groups in total. The van der Waals surface area contributed by atoms with Crippen LogP contribution in [-0.4, -0.2) is 92.1 Å². The van der Waals surface area contributed by atoms with E-state index in [9.17, 15) is 13.2 Å². The molecule has 0 aromatic carbocycles. The molecule has 0 spiro atoms. The van der Waals surface area contributed by atoms with E-state index in [2.05, 4.69) is 18.4 Å². The van der Waals surface area contributed by atoms with E-state index in [-0.39, 0.29) is 17.9 Å². The number of carbonyl (C=O) groups excluding carboxylic acids is 1. The monoisotopic (exact) mass is 425 g/mol. The standard InChI is InChI=1S/C20H35N5O3S/c1-5-6-18(7-10-21)17(2)23-11-8-19(9-12-23)20(26)24-13-15-25(16-14-24)29(27,28)22(3)4/h5-7,10,17,19H,1,8-9,11-16,21H2,2-4H3/b10-7-,18-6+. The first kappa shape index (κ1) is 23.6. The molecule has 2 aliphatic heterocycles. The van der Waals surface area contributed by atoms with Gasteiger partial charge in [0.25, 0.3) is 10.2 Å². The summed E-state index contributed by atoms with van der Waals surface area (Å²) < 4.78 is 27.1. The fourth-order valence-corrected chi connectivity index (χ4v) is 5.04. The van der Waals surface area contributed by atoms with Crippen LogP contribution in [0.25, 0.3) is 0 Å². The van der Waals surface area contributed by atoms with Crippen molar-refractivity contribution >= 4 is 16.1 Å². The van der Waals surface area contributed by atoms with Gasteiger partial charge in [0.1, 0.15) is 0 Å². The van der Waals surface area contributed by atoms with Gasteiger partial charge in [-0.2, -0.15) is 17.0 Å². The summed E-state index contributed by atoms with van der Waals surface area (Å²) in [5, 5.41) is 0. The van der Waals surface area contributed by atoms with Gasteiger partial charge in [0.15, 0.2) is 0 Å². The van der Waals surface area contributed by atoms with Gasteiger partial charge < -0.3 is 10.6 Å². The zero-order valence-electron chi connectivity index (χ0n) is 17.8. The minimum absolute atomic E-state index is 0.00680. The average molecular weight is 426 g/mol. The largest absolute Gasteiger partial charge is 0.405 e. The molecule has 2 rings (SSSR count). The molecule has 1 amide bonds. The molecule has 1 unspecified atom stereocenters. The SMILES string of the molecule is C=C/C=C(\C=C/N)C(C)N1CCC(C(=O)N2CCN(S(=O)(=O)N(C)C)CC2)CC1. The highest BCUT2D eigenvalue weighted by Gasteiger charge is 2.34. The Labute approximate surface area is 175 Å². The molecular weight excluding hydrogens is 390 g/mol. The third-order valence-corrected chi connectivity index (χ3v) is 7.79. The highest BCUT2D eigenvalue weighted by atomic mass is 32.2. The average Bonchev–Trinajstić information content (AvgIpc) is 2.72. The van der Waals surface area contributed by atoms with Crippen LogP contribution in [-0.2, 0) is 15.0 Å². The molecule has 8 nitrogen and oxygen atoms in total. The molecule has 0 aromatic heterocycles. The molecule has 2 fully saturated rings. The van der Waals surface area contributed by atoms with Crippen LogP contribution in [0.3, 0.4) is 0 Å². The van der Waals surface area contributed by atoms with Gasteiger partial charge in [-0.25, -0.2) is 0 Å². The highest BCUT2D eigenvalue weighted by molar-refractivity contribution is 7.86. The first-order valence-electron chi connectivity index (χ1n) is 10.1. The number of hydrogen-bond donors (Lipinski definition) is 1. The lowest BCUT2D eigenvalue weighted by Crippen LogP contribution is -2.54. The Balaban J connectivity index is 1.88. The molecule has 164 valence electrons. The first-order valence-corrected chi connectivity index (χ1v) is 11.5. The second kappa shape index (κ2) is 10.4. The van der Waals surface area contributed by atoms with Crippen molar-refractivity contribution in [1.82, 2.24) is 18.4 Å². The Kier molecular flexibility index (Phi) is 8.45. The Morgan fingerprint density at radius 2 is 1.72 bits per heavy atom. The number of allylic oxidation sites excluding steroid dienone is 2. The predicted molar refractivity (Wildman–Crippen MR) is 116 cm³/mol. The van der Waals surface area contributed by atoms with Crippen molar-refractivity contribution in [3.63, 3.8) is 0 Å². The van der Waals surface area contributed by atoms with Gasteiger partial charge in [0.05, 0.1) is 0 Å². The summed E-state index contributed by atoms with van der Waals surface area (Å²) >= 11 is 0. The lowest BCUT2D eigenvalue weighted by Gasteiger charge is -2.40. The van der Waals surface area contributed by atoms with Crippen molar-refractivity contribution in [2.24, 2.45) is 11.7 Å². The van der Waals surface area contributed by atoms with Gasteiger partial charge in [0, 0.05) is 52.2 Å². The van der Waals surface area contributed by atoms with Crippen LogP contribution in [0.2, 0.25) is 0 Å². The van der Waals surface area contributed by atoms with Gasteiger partial charge in [-0.3, -0.25) is 9.69 Å². The van der Waals surface area contributed by atoms with Crippen LogP contribution in [0.5, 0.6) is 0 Å². The van der Waals surface area contributed by atoms with E-state index in [0.29, 0.717) is 26.2 Å². The third kappa shape index (κ3) is 5.69. The Morgan fingerprint density at radius 1 is 1.14 bits per heavy atom. The highest BCUT2D eigenvalue weighted by Crippen LogP contribution is 2.24. The minimum Gasteiger partial charge on any atom is -0.405 e. The normalized spacial score (nSPS) is 22.3. The summed E-state index contributed by atoms with van der Waals surface area (Å²) in [5.74, 6) is 0.162. The van der Waals surface area contributed by atoms with E-state index in [4.69, 9.17) is 5.73 Å². The van der Waals surface area contributed by atoms with Crippen LogP contribution in [0.1, 0.15) is 19.8 Å². The van der Waals surface area contributed by atoms with E-state index in [0.717, 1.165) is 31.5 Å². The number of nitrogens with zero attached hydrogens (tertiary/aromatic N) is 4. The summed E-state index contributed by atoms with van der Waals surface area (Å²) in [7, 11) is -0.356. The number of piperazine rings is 1. The number of hydrogen-bond acceptors (Lipinski definition) is 5. The lowest BCUT2D eigenvalue weighted by atomic mass is 9.93. The van der Waals surface area contributed by atoms with E-state index in [1.807, 2.05) is 17.1 Å². The van der Waals surface area contributed by atoms with Gasteiger partial charge in [0.2, 0.25) is 5.91 Å². The van der Waals surface area contributed by atoms with Crippen molar-refractivity contribution in [2.45, 2.75) is 25.8 Å². The van der Waals surface area contributed by atoms with Gasteiger partial charge in [-0.1, -0.05) is 18.7 Å². The maximum absolute atomic E-state index is 12.9. The topological polar surface area (TPSA) is 90.2 Å². The molecule has 0 radical (unpaired) electrons. The maximum atomic E-state index is 12.9. The second-order valence-electron chi connectivity index (χ2n) is 7.76. The molecule has 2 heterocycles. The number of likely N-dealkylation sites (tertiary alicyclic amines) is 1. The molecule has 2 aliphatic rings. The van der Waals surface area contributed by atoms with Crippen molar-refractivity contribution in [3.05, 3.63) is 36.6 Å². The van der Waals surface area contributed by atoms with Crippen molar-refractivity contribution in [2.75, 3.05) is 53.4 Å². The minimum atomic E-state index is -3.41. The van der Waals surface area contributed by atoms with Crippen molar-refractivity contribution in [3.8, 4) is 0 Å². The molecule has 1 atom stereocenters. The summed E-state index contributed by atoms with van der Waals surface area (Å²) in [6.07, 6.45) is 8.79. The summed E-state index contributed by atoms with van der Waals surface area (Å²) in [6.45, 7) is 9.21. The van der Waals surface area contributed by atoms with Gasteiger partial charge >= 0.3 is 0 Å². The van der Waals surface area contributed by atoms with E-state index < -0.39 is 10.2 Å². The lowest BCUT2D eigenvalue weighted by molar-refractivity contribution is -0.138. The van der Waals surface area contributed by atoms with Crippen molar-refractivity contribution in [1.29, 1.82) is 0 Å². The quantitative estimate of drug-likeness (QED) is 0.604. The summed E-state index contributed by atoms with van der Waals surface area (Å²) in [6, 6.07) is 0.212. The fraction of sp³-hybridized carbons (Fsp3) is 0.650. The molecule has 0 aliphatic carbocycles. The molecule has 0 saturated carbocycles. The van der Waals surface area contributed by atoms with Gasteiger partial charge in [-0.15, -0.1) is 0 Å². The predicted octanol–water partition coefficient (Wildman–Crippen LogP) is 0.622. The first-order chi connectivity index (χ1) is 13.7. The van der Waals surface area contributed by atoms with Crippen LogP contribution in [0.4, 0.5) is 0 Å². The fourth-order valence-electron chi connectivity index (χ4n) is 3.95. The Morgan fingerprint density at radius 3 is 2.21 bits per heavy atom. The smallest absolute Gasteiger partial charge is 0.281 e. The van der Waals surface area contributed by atoms with Gasteiger partial charge in [-0.05, 0) is 50.7 Å². The van der Waals surface area contributed by atoms with Crippen LogP contribution < -0.4 is 5.73 Å². The van der Waals surface area contributed by atoms with E-state index >= 15 is 0 Å². The van der Waals surface area contributed by atoms with Crippen LogP contribution in [0, 0.1) is 5.92 Å². The maximum Gasteiger partial charge on any atom is 0.281 e. The second-order valence-corrected chi connectivity index (χ2v) is 9.90. The van der Waals surface area contributed by atoms with E-state index in [1.54, 1.807) is 6.08 Å². The van der Waals surface area contributed by atoms with E-state index in [1.165, 1.54) is 28.9 Å². The van der Waals surface area contributed by atoms with Crippen LogP contribution in [0.15, 0.2) is 36.6 Å². The number of rotatable bonds is 7. The zero-order valence-corrected chi connectivity index (χ0v) is 18.6. The van der Waals surface area contributed by atoms with Crippen LogP contribution >= 0.6 is 0 Å². The molecule has 2 saturated heterocycles. The number of amides is 1.